The summed E-state index contributed by atoms with van der Waals surface area (Å²) in [5, 5.41) is 9.25. The number of thiocarbonyl (C=S) groups is 1. The van der Waals surface area contributed by atoms with Gasteiger partial charge in [0.25, 0.3) is 0 Å². The molecule has 0 radical (unpaired) electrons. The minimum Gasteiger partial charge on any atom is -0.480 e. The van der Waals surface area contributed by atoms with Crippen molar-refractivity contribution in [2.45, 2.75) is 19.0 Å². The lowest BCUT2D eigenvalue weighted by Gasteiger charge is -2.38. The van der Waals surface area contributed by atoms with E-state index in [-0.39, 0.29) is 6.42 Å². The first-order chi connectivity index (χ1) is 9.97. The van der Waals surface area contributed by atoms with Gasteiger partial charge in [-0.05, 0) is 12.1 Å². The number of hydrogen-bond acceptors (Lipinski definition) is 6. The molecule has 21 heavy (non-hydrogen) atoms. The van der Waals surface area contributed by atoms with Crippen molar-refractivity contribution in [2.24, 2.45) is 5.73 Å². The summed E-state index contributed by atoms with van der Waals surface area (Å²) in [5.41, 5.74) is 5.12. The highest BCUT2D eigenvalue weighted by molar-refractivity contribution is 8.22. The Morgan fingerprint density at radius 1 is 1.57 bits per heavy atom. The summed E-state index contributed by atoms with van der Waals surface area (Å²) in [7, 11) is 0. The molecule has 0 aromatic carbocycles. The average molecular weight is 329 g/mol. The number of aliphatic carboxylic acids is 1. The van der Waals surface area contributed by atoms with Gasteiger partial charge in [0.05, 0.1) is 31.8 Å². The standard InChI is InChI=1S/C12H15N3O4S2/c13-10(16)4-9(11(17)18)15-6-14(12(20)21-7-15)5-8-2-1-3-19-8/h1-3,9H,4-7H2,(H2,13,16)(H,17,18)/t9-/m0/s1. The molecule has 0 unspecified atom stereocenters. The topological polar surface area (TPSA) is 100 Å². The summed E-state index contributed by atoms with van der Waals surface area (Å²) < 4.78 is 5.94. The molecule has 1 atom stereocenters. The molecule has 2 rings (SSSR count). The molecule has 1 aliphatic heterocycles. The highest BCUT2D eigenvalue weighted by Gasteiger charge is 2.32. The van der Waals surface area contributed by atoms with Crippen LogP contribution in [0.3, 0.4) is 0 Å². The predicted molar refractivity (Wildman–Crippen MR) is 81.2 cm³/mol. The Bertz CT molecular complexity index is 535. The smallest absolute Gasteiger partial charge is 0.321 e. The van der Waals surface area contributed by atoms with E-state index in [1.165, 1.54) is 11.8 Å². The fourth-order valence-corrected chi connectivity index (χ4v) is 3.13. The molecule has 1 aromatic heterocycles. The number of thioether (sulfide) groups is 1. The van der Waals surface area contributed by atoms with E-state index >= 15 is 0 Å². The molecule has 0 aliphatic carbocycles. The minimum absolute atomic E-state index is 0.225. The number of rotatable bonds is 6. The van der Waals surface area contributed by atoms with E-state index in [1.54, 1.807) is 17.2 Å². The Kier molecular flexibility index (Phi) is 5.21. The molecule has 1 aromatic rings. The monoisotopic (exact) mass is 329 g/mol. The van der Waals surface area contributed by atoms with Gasteiger partial charge in [0.1, 0.15) is 16.1 Å². The molecule has 114 valence electrons. The van der Waals surface area contributed by atoms with E-state index in [0.717, 1.165) is 5.76 Å². The number of carboxylic acids is 1. The molecule has 1 amide bonds. The maximum atomic E-state index is 11.3. The number of primary amides is 1. The van der Waals surface area contributed by atoms with Gasteiger partial charge >= 0.3 is 5.97 Å². The van der Waals surface area contributed by atoms with Crippen LogP contribution < -0.4 is 5.73 Å². The number of carbonyl (C=O) groups is 2. The molecular formula is C12H15N3O4S2. The zero-order chi connectivity index (χ0) is 15.4. The lowest BCUT2D eigenvalue weighted by molar-refractivity contribution is -0.145. The highest BCUT2D eigenvalue weighted by Crippen LogP contribution is 2.23. The molecule has 0 saturated carbocycles. The van der Waals surface area contributed by atoms with Gasteiger partial charge in [0.15, 0.2) is 0 Å². The summed E-state index contributed by atoms with van der Waals surface area (Å²) in [4.78, 5) is 25.8. The van der Waals surface area contributed by atoms with Crippen LogP contribution >= 0.6 is 24.0 Å². The third-order valence-corrected chi connectivity index (χ3v) is 4.59. The molecule has 7 nitrogen and oxygen atoms in total. The number of furan rings is 1. The predicted octanol–water partition coefficient (Wildman–Crippen LogP) is 0.659. The number of carbonyl (C=O) groups excluding carboxylic acids is 1. The molecule has 2 heterocycles. The zero-order valence-corrected chi connectivity index (χ0v) is 12.7. The van der Waals surface area contributed by atoms with Gasteiger partial charge in [0.2, 0.25) is 5.91 Å². The van der Waals surface area contributed by atoms with Crippen LogP contribution in [0.25, 0.3) is 0 Å². The minimum atomic E-state index is -1.07. The Morgan fingerprint density at radius 2 is 2.33 bits per heavy atom. The fraction of sp³-hybridized carbons (Fsp3) is 0.417. The number of amides is 1. The lowest BCUT2D eigenvalue weighted by Crippen LogP contribution is -2.52. The first kappa shape index (κ1) is 15.8. The second-order valence-corrected chi connectivity index (χ2v) is 6.15. The van der Waals surface area contributed by atoms with Crippen LogP contribution in [0, 0.1) is 0 Å². The quantitative estimate of drug-likeness (QED) is 0.734. The van der Waals surface area contributed by atoms with Crippen LogP contribution in [0.1, 0.15) is 12.2 Å². The lowest BCUT2D eigenvalue weighted by atomic mass is 10.2. The van der Waals surface area contributed by atoms with Gasteiger partial charge in [-0.2, -0.15) is 0 Å². The Balaban J connectivity index is 2.06. The third-order valence-electron chi connectivity index (χ3n) is 3.01. The highest BCUT2D eigenvalue weighted by atomic mass is 32.2. The zero-order valence-electron chi connectivity index (χ0n) is 11.1. The van der Waals surface area contributed by atoms with E-state index in [9.17, 15) is 14.7 Å². The normalized spacial score (nSPS) is 17.7. The van der Waals surface area contributed by atoms with E-state index < -0.39 is 17.9 Å². The van der Waals surface area contributed by atoms with Gasteiger partial charge in [-0.15, -0.1) is 0 Å². The molecule has 1 saturated heterocycles. The van der Waals surface area contributed by atoms with E-state index in [0.29, 0.717) is 23.4 Å². The average Bonchev–Trinajstić information content (AvgIpc) is 2.91. The van der Waals surface area contributed by atoms with E-state index in [4.69, 9.17) is 22.4 Å². The number of hydrogen-bond donors (Lipinski definition) is 2. The maximum Gasteiger partial charge on any atom is 0.321 e. The molecule has 1 aliphatic rings. The van der Waals surface area contributed by atoms with Gasteiger partial charge < -0.3 is 20.2 Å². The van der Waals surface area contributed by atoms with E-state index in [1.807, 2.05) is 11.0 Å². The van der Waals surface area contributed by atoms with Crippen LogP contribution in [0.2, 0.25) is 0 Å². The van der Waals surface area contributed by atoms with Crippen LogP contribution in [-0.2, 0) is 16.1 Å². The SMILES string of the molecule is NC(=O)C[C@@H](C(=O)O)N1CSC(=S)N(Cc2ccco2)C1. The summed E-state index contributed by atoms with van der Waals surface area (Å²) >= 11 is 6.63. The van der Waals surface area contributed by atoms with E-state index in [2.05, 4.69) is 0 Å². The van der Waals surface area contributed by atoms with Crippen molar-refractivity contribution in [1.82, 2.24) is 9.80 Å². The maximum absolute atomic E-state index is 11.3. The Hall–Kier alpha value is -1.58. The van der Waals surface area contributed by atoms with Gasteiger partial charge in [-0.1, -0.05) is 24.0 Å². The Morgan fingerprint density at radius 3 is 2.90 bits per heavy atom. The van der Waals surface area contributed by atoms with Crippen LogP contribution in [0.15, 0.2) is 22.8 Å². The first-order valence-corrected chi connectivity index (χ1v) is 7.56. The van der Waals surface area contributed by atoms with Crippen molar-refractivity contribution in [3.05, 3.63) is 24.2 Å². The molecule has 9 heteroatoms. The van der Waals surface area contributed by atoms with Crippen LogP contribution in [0.4, 0.5) is 0 Å². The van der Waals surface area contributed by atoms with Crippen molar-refractivity contribution in [3.8, 4) is 0 Å². The van der Waals surface area contributed by atoms with Gasteiger partial charge in [-0.25, -0.2) is 0 Å². The molecule has 0 bridgehead atoms. The number of nitrogens with two attached hydrogens (primary N) is 1. The van der Waals surface area contributed by atoms with Crippen molar-refractivity contribution < 1.29 is 19.1 Å². The molecule has 1 fully saturated rings. The summed E-state index contributed by atoms with van der Waals surface area (Å²) in [6.45, 7) is 0.773. The van der Waals surface area contributed by atoms with Crippen molar-refractivity contribution >= 4 is 40.2 Å². The summed E-state index contributed by atoms with van der Waals surface area (Å²) in [5.74, 6) is -0.558. The van der Waals surface area contributed by atoms with Crippen molar-refractivity contribution in [2.75, 3.05) is 12.5 Å². The first-order valence-electron chi connectivity index (χ1n) is 6.16. The van der Waals surface area contributed by atoms with Gasteiger partial charge in [-0.3, -0.25) is 14.5 Å². The fourth-order valence-electron chi connectivity index (χ4n) is 2.00. The Labute approximate surface area is 131 Å². The third kappa shape index (κ3) is 4.19. The van der Waals surface area contributed by atoms with Gasteiger partial charge in [0, 0.05) is 0 Å². The second-order valence-electron chi connectivity index (χ2n) is 4.57. The number of carboxylic acid groups (broad SMARTS) is 1. The molecule has 0 spiro atoms. The van der Waals surface area contributed by atoms with Crippen molar-refractivity contribution in [1.29, 1.82) is 0 Å². The number of nitrogens with zero attached hydrogens (tertiary/aromatic N) is 2. The summed E-state index contributed by atoms with van der Waals surface area (Å²) in [6, 6.07) is 2.65. The molecule has 3 N–H and O–H groups in total. The van der Waals surface area contributed by atoms with Crippen LogP contribution in [-0.4, -0.2) is 49.7 Å². The summed E-state index contributed by atoms with van der Waals surface area (Å²) in [6.07, 6.45) is 1.34. The second kappa shape index (κ2) is 6.92. The van der Waals surface area contributed by atoms with Crippen molar-refractivity contribution in [3.63, 3.8) is 0 Å². The van der Waals surface area contributed by atoms with Crippen LogP contribution in [0.5, 0.6) is 0 Å². The molecular weight excluding hydrogens is 314 g/mol. The largest absolute Gasteiger partial charge is 0.480 e.